The largest absolute Gasteiger partial charge is 0.340 e. The first kappa shape index (κ1) is 21.8. The highest BCUT2D eigenvalue weighted by Gasteiger charge is 2.49. The van der Waals surface area contributed by atoms with Crippen LogP contribution in [0.4, 0.5) is 17.3 Å². The molecule has 0 saturated heterocycles. The van der Waals surface area contributed by atoms with E-state index in [1.807, 2.05) is 30.3 Å². The van der Waals surface area contributed by atoms with Crippen LogP contribution < -0.4 is 10.2 Å². The van der Waals surface area contributed by atoms with Crippen LogP contribution in [0, 0.1) is 0 Å². The van der Waals surface area contributed by atoms with Crippen LogP contribution >= 0.6 is 0 Å². The van der Waals surface area contributed by atoms with Gasteiger partial charge in [-0.25, -0.2) is 18.1 Å². The second-order valence-electron chi connectivity index (χ2n) is 9.34. The standard InChI is InChI=1S/C25H26N6O3S/c1-29-24(32)21-22(26-17-7-4-3-5-8-17)30(15-16-11-13-18(14-12-16)35(2,33)34)28-23(21)31-20-10-6-9-19(20)27-25(29)31/h3-5,7-8,11-14,19-20,26H,6,9-10,15H2,1-2H3/t19-,20+/m1/s1. The number of hydrogen-bond donors (Lipinski definition) is 1. The number of nitrogens with zero attached hydrogens (tertiary/aromatic N) is 5. The quantitative estimate of drug-likeness (QED) is 0.589. The van der Waals surface area contributed by atoms with Gasteiger partial charge in [0.15, 0.2) is 15.7 Å². The minimum atomic E-state index is -3.28. The van der Waals surface area contributed by atoms with Gasteiger partial charge in [0.25, 0.3) is 5.91 Å². The summed E-state index contributed by atoms with van der Waals surface area (Å²) in [5.41, 5.74) is 2.25. The number of amides is 1. The van der Waals surface area contributed by atoms with Gasteiger partial charge in [0.05, 0.1) is 23.5 Å². The van der Waals surface area contributed by atoms with Crippen LogP contribution in [0.1, 0.15) is 35.2 Å². The molecule has 3 aromatic rings. The zero-order valence-corrected chi connectivity index (χ0v) is 20.4. The van der Waals surface area contributed by atoms with E-state index in [0.717, 1.165) is 30.5 Å². The Hall–Kier alpha value is -3.66. The third-order valence-electron chi connectivity index (χ3n) is 6.97. The number of aromatic nitrogens is 2. The SMILES string of the molecule is CN1C(=O)c2c(nn(Cc3ccc(S(C)(=O)=O)cc3)c2Nc2ccccc2)N2C1=N[C@@H]1CCC[C@@H]12. The van der Waals surface area contributed by atoms with Crippen molar-refractivity contribution in [3.05, 3.63) is 65.7 Å². The molecule has 0 bridgehead atoms. The number of fused-ring (bicyclic) bond motifs is 5. The smallest absolute Gasteiger partial charge is 0.267 e. The fraction of sp³-hybridized carbons (Fsp3) is 0.320. The van der Waals surface area contributed by atoms with E-state index >= 15 is 0 Å². The van der Waals surface area contributed by atoms with Gasteiger partial charge in [-0.1, -0.05) is 30.3 Å². The zero-order valence-electron chi connectivity index (χ0n) is 19.5. The van der Waals surface area contributed by atoms with Crippen molar-refractivity contribution in [2.75, 3.05) is 23.5 Å². The molecule has 1 N–H and O–H groups in total. The molecular weight excluding hydrogens is 464 g/mol. The van der Waals surface area contributed by atoms with E-state index in [0.29, 0.717) is 29.7 Å². The van der Waals surface area contributed by atoms with Crippen molar-refractivity contribution in [3.63, 3.8) is 0 Å². The molecule has 10 heteroatoms. The van der Waals surface area contributed by atoms with Gasteiger partial charge >= 0.3 is 0 Å². The van der Waals surface area contributed by atoms with E-state index in [1.54, 1.807) is 40.9 Å². The summed E-state index contributed by atoms with van der Waals surface area (Å²) in [5, 5.41) is 8.35. The van der Waals surface area contributed by atoms with Crippen molar-refractivity contribution in [1.82, 2.24) is 14.7 Å². The monoisotopic (exact) mass is 490 g/mol. The molecule has 2 aromatic carbocycles. The molecule has 1 aromatic heterocycles. The molecule has 9 nitrogen and oxygen atoms in total. The number of anilines is 3. The summed E-state index contributed by atoms with van der Waals surface area (Å²) in [6, 6.07) is 16.9. The molecule has 1 aliphatic carbocycles. The fourth-order valence-electron chi connectivity index (χ4n) is 5.22. The van der Waals surface area contributed by atoms with Crippen LogP contribution in [0.15, 0.2) is 64.5 Å². The molecule has 6 rings (SSSR count). The molecule has 3 heterocycles. The maximum atomic E-state index is 13.6. The van der Waals surface area contributed by atoms with Gasteiger partial charge in [-0.3, -0.25) is 14.6 Å². The Balaban J connectivity index is 1.46. The number of rotatable bonds is 5. The molecule has 2 atom stereocenters. The van der Waals surface area contributed by atoms with Gasteiger partial charge < -0.3 is 5.32 Å². The van der Waals surface area contributed by atoms with E-state index in [9.17, 15) is 13.2 Å². The van der Waals surface area contributed by atoms with Gasteiger partial charge in [-0.15, -0.1) is 0 Å². The molecule has 180 valence electrons. The van der Waals surface area contributed by atoms with Crippen LogP contribution in [-0.4, -0.2) is 60.4 Å². The number of sulfone groups is 1. The summed E-state index contributed by atoms with van der Waals surface area (Å²) in [6.45, 7) is 0.373. The van der Waals surface area contributed by atoms with Crippen molar-refractivity contribution in [1.29, 1.82) is 0 Å². The summed E-state index contributed by atoms with van der Waals surface area (Å²) in [7, 11) is -1.51. The summed E-state index contributed by atoms with van der Waals surface area (Å²) in [6.07, 6.45) is 4.34. The Bertz CT molecular complexity index is 1450. The van der Waals surface area contributed by atoms with Crippen LogP contribution in [0.2, 0.25) is 0 Å². The summed E-state index contributed by atoms with van der Waals surface area (Å²) in [4.78, 5) is 22.5. The number of para-hydroxylation sites is 1. The Morgan fingerprint density at radius 1 is 1.06 bits per heavy atom. The lowest BCUT2D eigenvalue weighted by Gasteiger charge is -2.34. The van der Waals surface area contributed by atoms with Gasteiger partial charge in [0.1, 0.15) is 11.4 Å². The predicted molar refractivity (Wildman–Crippen MR) is 134 cm³/mol. The number of guanidine groups is 1. The van der Waals surface area contributed by atoms with Gasteiger partial charge in [-0.2, -0.15) is 5.10 Å². The first-order chi connectivity index (χ1) is 16.8. The van der Waals surface area contributed by atoms with E-state index in [2.05, 4.69) is 10.2 Å². The van der Waals surface area contributed by atoms with Crippen molar-refractivity contribution in [2.24, 2.45) is 4.99 Å². The topological polar surface area (TPSA) is 99.9 Å². The molecule has 0 spiro atoms. The van der Waals surface area contributed by atoms with Gasteiger partial charge in [-0.05, 0) is 49.1 Å². The average molecular weight is 491 g/mol. The number of carbonyl (C=O) groups is 1. The number of carbonyl (C=O) groups excluding carboxylic acids is 1. The molecular formula is C25H26N6O3S. The molecule has 3 aliphatic rings. The zero-order chi connectivity index (χ0) is 24.3. The number of nitrogens with one attached hydrogen (secondary N) is 1. The van der Waals surface area contributed by atoms with E-state index in [-0.39, 0.29) is 22.9 Å². The van der Waals surface area contributed by atoms with E-state index in [1.165, 1.54) is 6.26 Å². The van der Waals surface area contributed by atoms with Gasteiger partial charge in [0.2, 0.25) is 5.96 Å². The Morgan fingerprint density at radius 2 is 1.80 bits per heavy atom. The van der Waals surface area contributed by atoms with Crippen LogP contribution in [0.3, 0.4) is 0 Å². The van der Waals surface area contributed by atoms with Crippen molar-refractivity contribution < 1.29 is 13.2 Å². The van der Waals surface area contributed by atoms with Crippen molar-refractivity contribution in [2.45, 2.75) is 42.8 Å². The first-order valence-electron chi connectivity index (χ1n) is 11.7. The number of hydrogen-bond acceptors (Lipinski definition) is 7. The predicted octanol–water partition coefficient (Wildman–Crippen LogP) is 3.26. The van der Waals surface area contributed by atoms with Crippen molar-refractivity contribution >= 4 is 39.0 Å². The maximum Gasteiger partial charge on any atom is 0.267 e. The van der Waals surface area contributed by atoms with Crippen LogP contribution in [-0.2, 0) is 16.4 Å². The van der Waals surface area contributed by atoms with Crippen molar-refractivity contribution in [3.8, 4) is 0 Å². The number of benzene rings is 2. The molecule has 2 aliphatic heterocycles. The Labute approximate surface area is 204 Å². The average Bonchev–Trinajstić information content (AvgIpc) is 3.52. The maximum absolute atomic E-state index is 13.6. The van der Waals surface area contributed by atoms with E-state index in [4.69, 9.17) is 10.1 Å². The van der Waals surface area contributed by atoms with Crippen LogP contribution in [0.5, 0.6) is 0 Å². The minimum absolute atomic E-state index is 0.146. The second kappa shape index (κ2) is 7.94. The Kier molecular flexibility index (Phi) is 4.96. The summed E-state index contributed by atoms with van der Waals surface area (Å²) >= 11 is 0. The molecule has 0 radical (unpaired) electrons. The molecule has 0 unspecified atom stereocenters. The third kappa shape index (κ3) is 3.59. The highest BCUT2D eigenvalue weighted by Crippen LogP contribution is 2.42. The highest BCUT2D eigenvalue weighted by molar-refractivity contribution is 7.90. The highest BCUT2D eigenvalue weighted by atomic mass is 32.2. The lowest BCUT2D eigenvalue weighted by atomic mass is 10.1. The third-order valence-corrected chi connectivity index (χ3v) is 8.10. The molecule has 1 fully saturated rings. The summed E-state index contributed by atoms with van der Waals surface area (Å²) in [5.74, 6) is 1.76. The normalized spacial score (nSPS) is 21.0. The fourth-order valence-corrected chi connectivity index (χ4v) is 5.85. The van der Waals surface area contributed by atoms with E-state index < -0.39 is 9.84 Å². The number of aliphatic imine (C=N–C) groups is 1. The lowest BCUT2D eigenvalue weighted by molar-refractivity contribution is 0.0866. The van der Waals surface area contributed by atoms with Crippen LogP contribution in [0.25, 0.3) is 0 Å². The second-order valence-corrected chi connectivity index (χ2v) is 11.4. The summed E-state index contributed by atoms with van der Waals surface area (Å²) < 4.78 is 25.5. The Morgan fingerprint density at radius 3 is 2.51 bits per heavy atom. The van der Waals surface area contributed by atoms with Gasteiger partial charge in [0, 0.05) is 19.0 Å². The molecule has 1 amide bonds. The minimum Gasteiger partial charge on any atom is -0.340 e. The first-order valence-corrected chi connectivity index (χ1v) is 13.6. The molecule has 1 saturated carbocycles. The molecule has 35 heavy (non-hydrogen) atoms. The lowest BCUT2D eigenvalue weighted by Crippen LogP contribution is -2.51.